The SMILES string of the molecule is CC(C)N1[C@@H]2CC[C@H]1CC(O[C@H]1CCCC(F)(F)[C@@H]1NC(=O)N1CCC(C)(c3noc([C@@H]4C[C@@H]4F)n3)CC1)C2. The van der Waals surface area contributed by atoms with E-state index in [9.17, 15) is 9.18 Å². The van der Waals surface area contributed by atoms with E-state index in [0.29, 0.717) is 75.0 Å². The van der Waals surface area contributed by atoms with Crippen molar-refractivity contribution in [2.24, 2.45) is 0 Å². The van der Waals surface area contributed by atoms with Gasteiger partial charge in [0.2, 0.25) is 5.89 Å². The summed E-state index contributed by atoms with van der Waals surface area (Å²) in [5.41, 5.74) is -0.413. The molecule has 6 rings (SSSR count). The second kappa shape index (κ2) is 10.2. The second-order valence-electron chi connectivity index (χ2n) is 13.1. The van der Waals surface area contributed by atoms with Gasteiger partial charge in [-0.1, -0.05) is 12.1 Å². The third kappa shape index (κ3) is 5.29. The molecular weight excluding hydrogens is 511 g/mol. The van der Waals surface area contributed by atoms with Crippen molar-refractivity contribution in [2.45, 2.75) is 145 Å². The Morgan fingerprint density at radius 3 is 2.38 bits per heavy atom. The van der Waals surface area contributed by atoms with Crippen LogP contribution in [0.5, 0.6) is 0 Å². The molecule has 7 atom stereocenters. The third-order valence-corrected chi connectivity index (χ3v) is 9.98. The molecule has 2 amide bonds. The van der Waals surface area contributed by atoms with Gasteiger partial charge < -0.3 is 19.5 Å². The number of carbonyl (C=O) groups is 1. The number of hydrogen-bond donors (Lipinski definition) is 1. The highest BCUT2D eigenvalue weighted by Crippen LogP contribution is 2.44. The van der Waals surface area contributed by atoms with Gasteiger partial charge >= 0.3 is 6.03 Å². The van der Waals surface area contributed by atoms with Crippen molar-refractivity contribution >= 4 is 6.03 Å². The highest BCUT2D eigenvalue weighted by Gasteiger charge is 2.51. The number of fused-ring (bicyclic) bond motifs is 2. The number of alkyl halides is 3. The predicted molar refractivity (Wildman–Crippen MR) is 138 cm³/mol. The molecule has 1 unspecified atom stereocenters. The number of amides is 2. The highest BCUT2D eigenvalue weighted by atomic mass is 19.3. The molecule has 1 N–H and O–H groups in total. The summed E-state index contributed by atoms with van der Waals surface area (Å²) in [6.07, 6.45) is 4.60. The summed E-state index contributed by atoms with van der Waals surface area (Å²) in [6, 6.07) is -0.430. The molecule has 3 aliphatic heterocycles. The van der Waals surface area contributed by atoms with Crippen molar-refractivity contribution in [3.05, 3.63) is 11.7 Å². The summed E-state index contributed by atoms with van der Waals surface area (Å²) in [7, 11) is 0. The highest BCUT2D eigenvalue weighted by molar-refractivity contribution is 5.75. The number of urea groups is 1. The van der Waals surface area contributed by atoms with Crippen molar-refractivity contribution in [3.63, 3.8) is 0 Å². The minimum absolute atomic E-state index is 0.0466. The quantitative estimate of drug-likeness (QED) is 0.538. The van der Waals surface area contributed by atoms with Gasteiger partial charge in [-0.3, -0.25) is 4.90 Å². The Labute approximate surface area is 228 Å². The minimum atomic E-state index is -3.02. The summed E-state index contributed by atoms with van der Waals surface area (Å²) in [6.45, 7) is 7.23. The van der Waals surface area contributed by atoms with E-state index in [1.54, 1.807) is 4.90 Å². The smallest absolute Gasteiger partial charge is 0.317 e. The lowest BCUT2D eigenvalue weighted by molar-refractivity contribution is -0.152. The molecule has 5 fully saturated rings. The summed E-state index contributed by atoms with van der Waals surface area (Å²) in [4.78, 5) is 21.8. The molecule has 11 heteroatoms. The number of ether oxygens (including phenoxy) is 1. The number of carbonyl (C=O) groups excluding carboxylic acids is 1. The van der Waals surface area contributed by atoms with Gasteiger partial charge in [0.15, 0.2) is 5.82 Å². The van der Waals surface area contributed by atoms with Gasteiger partial charge in [0.05, 0.1) is 18.1 Å². The maximum atomic E-state index is 15.2. The number of nitrogens with zero attached hydrogens (tertiary/aromatic N) is 4. The van der Waals surface area contributed by atoms with E-state index in [-0.39, 0.29) is 18.4 Å². The first-order valence-electron chi connectivity index (χ1n) is 14.9. The fourth-order valence-corrected chi connectivity index (χ4v) is 7.54. The maximum absolute atomic E-state index is 15.2. The van der Waals surface area contributed by atoms with Crippen LogP contribution in [0.2, 0.25) is 0 Å². The molecule has 39 heavy (non-hydrogen) atoms. The molecule has 0 aromatic carbocycles. The molecule has 3 saturated heterocycles. The Bertz CT molecular complexity index is 1030. The van der Waals surface area contributed by atoms with Crippen LogP contribution in [0.4, 0.5) is 18.0 Å². The van der Waals surface area contributed by atoms with Gasteiger partial charge in [-0.2, -0.15) is 4.98 Å². The monoisotopic (exact) mass is 553 g/mol. The average molecular weight is 554 g/mol. The van der Waals surface area contributed by atoms with Crippen LogP contribution in [0, 0.1) is 0 Å². The lowest BCUT2D eigenvalue weighted by atomic mass is 9.79. The lowest BCUT2D eigenvalue weighted by Crippen LogP contribution is -2.61. The van der Waals surface area contributed by atoms with E-state index in [1.807, 2.05) is 6.92 Å². The Balaban J connectivity index is 1.06. The number of nitrogens with one attached hydrogen (secondary N) is 1. The largest absolute Gasteiger partial charge is 0.372 e. The van der Waals surface area contributed by atoms with Crippen LogP contribution in [0.1, 0.15) is 103 Å². The first kappa shape index (κ1) is 27.3. The van der Waals surface area contributed by atoms with Crippen molar-refractivity contribution in [1.29, 1.82) is 0 Å². The Hall–Kier alpha value is -1.88. The summed E-state index contributed by atoms with van der Waals surface area (Å²) < 4.78 is 55.5. The average Bonchev–Trinajstić information content (AvgIpc) is 3.28. The van der Waals surface area contributed by atoms with Gasteiger partial charge in [0.1, 0.15) is 12.2 Å². The van der Waals surface area contributed by atoms with Crippen molar-refractivity contribution < 1.29 is 27.2 Å². The molecule has 0 spiro atoms. The molecule has 0 radical (unpaired) electrons. The van der Waals surface area contributed by atoms with Gasteiger partial charge in [-0.25, -0.2) is 18.0 Å². The Kier molecular flexibility index (Phi) is 7.13. The van der Waals surface area contributed by atoms with Crippen LogP contribution in [0.3, 0.4) is 0 Å². The first-order valence-corrected chi connectivity index (χ1v) is 14.9. The van der Waals surface area contributed by atoms with Crippen molar-refractivity contribution in [3.8, 4) is 0 Å². The van der Waals surface area contributed by atoms with E-state index in [0.717, 1.165) is 25.7 Å². The number of rotatable bonds is 6. The number of likely N-dealkylation sites (tertiary alicyclic amines) is 1. The molecule has 8 nitrogen and oxygen atoms in total. The normalized spacial score (nSPS) is 37.7. The first-order chi connectivity index (χ1) is 18.5. The van der Waals surface area contributed by atoms with E-state index < -0.39 is 35.7 Å². The van der Waals surface area contributed by atoms with Gasteiger partial charge in [-0.05, 0) is 71.6 Å². The van der Waals surface area contributed by atoms with Gasteiger partial charge in [0.25, 0.3) is 5.92 Å². The molecule has 2 bridgehead atoms. The number of piperidine rings is 2. The van der Waals surface area contributed by atoms with Crippen LogP contribution >= 0.6 is 0 Å². The Morgan fingerprint density at radius 1 is 1.10 bits per heavy atom. The zero-order valence-electron chi connectivity index (χ0n) is 23.3. The van der Waals surface area contributed by atoms with Crippen molar-refractivity contribution in [2.75, 3.05) is 13.1 Å². The summed E-state index contributed by atoms with van der Waals surface area (Å²) >= 11 is 0. The maximum Gasteiger partial charge on any atom is 0.317 e. The van der Waals surface area contributed by atoms with Gasteiger partial charge in [0, 0.05) is 43.1 Å². The fourth-order valence-electron chi connectivity index (χ4n) is 7.54. The predicted octanol–water partition coefficient (Wildman–Crippen LogP) is 4.93. The molecule has 5 aliphatic rings. The Morgan fingerprint density at radius 2 is 1.77 bits per heavy atom. The topological polar surface area (TPSA) is 83.7 Å². The molecule has 1 aromatic rings. The van der Waals surface area contributed by atoms with Crippen LogP contribution in [-0.2, 0) is 10.2 Å². The number of aromatic nitrogens is 2. The molecule has 1 aromatic heterocycles. The zero-order valence-corrected chi connectivity index (χ0v) is 23.3. The van der Waals surface area contributed by atoms with Crippen LogP contribution in [0.15, 0.2) is 4.52 Å². The van der Waals surface area contributed by atoms with Crippen LogP contribution < -0.4 is 5.32 Å². The van der Waals surface area contributed by atoms with E-state index in [2.05, 4.69) is 34.2 Å². The van der Waals surface area contributed by atoms with E-state index >= 15 is 8.78 Å². The fraction of sp³-hybridized carbons (Fsp3) is 0.893. The number of halogens is 3. The van der Waals surface area contributed by atoms with Crippen LogP contribution in [0.25, 0.3) is 0 Å². The van der Waals surface area contributed by atoms with Crippen LogP contribution in [-0.4, -0.2) is 87.5 Å². The molecule has 4 heterocycles. The molecule has 2 saturated carbocycles. The lowest BCUT2D eigenvalue weighted by Gasteiger charge is -2.45. The summed E-state index contributed by atoms with van der Waals surface area (Å²) in [5, 5.41) is 6.79. The van der Waals surface area contributed by atoms with E-state index in [1.165, 1.54) is 0 Å². The summed E-state index contributed by atoms with van der Waals surface area (Å²) in [5.74, 6) is -2.45. The zero-order chi connectivity index (χ0) is 27.5. The molecule has 2 aliphatic carbocycles. The molecule has 218 valence electrons. The third-order valence-electron chi connectivity index (χ3n) is 9.98. The van der Waals surface area contributed by atoms with Crippen molar-refractivity contribution in [1.82, 2.24) is 25.3 Å². The second-order valence-corrected chi connectivity index (χ2v) is 13.1. The molecular formula is C28H42F3N5O3. The standard InChI is InChI=1S/C28H42F3N5O3/c1-16(2)36-17-6-7-18(36)14-19(13-17)38-22-5-4-8-28(30,31)23(22)32-26(37)35-11-9-27(3,10-12-35)25-33-24(39-34-25)20-15-21(20)29/h16-23H,4-15H2,1-3H3,(H,32,37)/t17-,18+,19?,20-,21+,22+,23-/m1/s1. The van der Waals surface area contributed by atoms with E-state index in [4.69, 9.17) is 9.26 Å². The minimum Gasteiger partial charge on any atom is -0.372 e. The van der Waals surface area contributed by atoms with Gasteiger partial charge in [-0.15, -0.1) is 0 Å². The number of hydrogen-bond acceptors (Lipinski definition) is 6.